The molecule has 0 saturated carbocycles. The van der Waals surface area contributed by atoms with Gasteiger partial charge >= 0.3 is 11.6 Å². The highest BCUT2D eigenvalue weighted by Crippen LogP contribution is 2.21. The summed E-state index contributed by atoms with van der Waals surface area (Å²) in [6, 6.07) is 9.93. The minimum atomic E-state index is -0.613. The molecule has 0 aliphatic heterocycles. The summed E-state index contributed by atoms with van der Waals surface area (Å²) in [6.45, 7) is 1.27. The molecule has 1 heterocycles. The summed E-state index contributed by atoms with van der Waals surface area (Å²) in [7, 11) is 0. The van der Waals surface area contributed by atoms with Crippen LogP contribution in [0.15, 0.2) is 51.7 Å². The Balaban J connectivity index is 2.11. The molecule has 0 amide bonds. The minimum Gasteiger partial charge on any atom is -0.427 e. The van der Waals surface area contributed by atoms with Crippen LogP contribution in [0.4, 0.5) is 4.39 Å². The first-order valence-corrected chi connectivity index (χ1v) is 6.42. The Morgan fingerprint density at radius 3 is 2.59 bits per heavy atom. The van der Waals surface area contributed by atoms with Crippen LogP contribution < -0.4 is 10.4 Å². The summed E-state index contributed by atoms with van der Waals surface area (Å²) in [5.41, 5.74) is 0.272. The van der Waals surface area contributed by atoms with Crippen molar-refractivity contribution in [2.45, 2.75) is 6.92 Å². The van der Waals surface area contributed by atoms with Gasteiger partial charge < -0.3 is 9.15 Å². The quantitative estimate of drug-likeness (QED) is 0.537. The number of ether oxygens (including phenoxy) is 1. The summed E-state index contributed by atoms with van der Waals surface area (Å²) in [4.78, 5) is 27.2. The van der Waals surface area contributed by atoms with Crippen LogP contribution in [-0.4, -0.2) is 11.0 Å². The zero-order chi connectivity index (χ0) is 15.7. The van der Waals surface area contributed by atoms with Crippen LogP contribution in [0.3, 0.4) is 0 Å². The van der Waals surface area contributed by atoms with Crippen molar-refractivity contribution in [2.75, 3.05) is 0 Å². The van der Waals surface area contributed by atoms with Crippen LogP contribution in [0.1, 0.15) is 6.92 Å². The van der Waals surface area contributed by atoms with Gasteiger partial charge in [-0.25, -0.2) is 14.2 Å². The second-order valence-corrected chi connectivity index (χ2v) is 4.59. The fourth-order valence-corrected chi connectivity index (χ4v) is 2.00. The molecule has 6 heteroatoms. The topological polar surface area (TPSA) is 69.4 Å². The van der Waals surface area contributed by atoms with E-state index in [4.69, 9.17) is 9.15 Å². The first-order chi connectivity index (χ1) is 10.5. The minimum absolute atomic E-state index is 0.0951. The van der Waals surface area contributed by atoms with Gasteiger partial charge in [-0.3, -0.25) is 4.79 Å². The molecule has 5 nitrogen and oxygen atoms in total. The van der Waals surface area contributed by atoms with E-state index in [1.165, 1.54) is 43.3 Å². The Bertz CT molecular complexity index is 916. The molecule has 0 aliphatic rings. The van der Waals surface area contributed by atoms with Crippen molar-refractivity contribution >= 4 is 16.9 Å². The van der Waals surface area contributed by atoms with Gasteiger partial charge in [0.1, 0.15) is 11.6 Å². The molecule has 2 aromatic carbocycles. The van der Waals surface area contributed by atoms with Crippen molar-refractivity contribution in [3.63, 3.8) is 0 Å². The lowest BCUT2D eigenvalue weighted by Gasteiger charge is -2.04. The van der Waals surface area contributed by atoms with Crippen LogP contribution in [0.5, 0.6) is 5.75 Å². The smallest absolute Gasteiger partial charge is 0.347 e. The average molecular weight is 299 g/mol. The number of rotatable bonds is 2. The van der Waals surface area contributed by atoms with Gasteiger partial charge in [0.2, 0.25) is 5.89 Å². The van der Waals surface area contributed by atoms with E-state index in [-0.39, 0.29) is 17.0 Å². The number of aromatic nitrogens is 1. The molecule has 3 aromatic rings. The molecule has 0 bridgehead atoms. The lowest BCUT2D eigenvalue weighted by atomic mass is 10.2. The highest BCUT2D eigenvalue weighted by molar-refractivity contribution is 5.81. The first kappa shape index (κ1) is 13.9. The fourth-order valence-electron chi connectivity index (χ4n) is 2.00. The van der Waals surface area contributed by atoms with Crippen molar-refractivity contribution in [1.29, 1.82) is 0 Å². The maximum atomic E-state index is 12.9. The summed E-state index contributed by atoms with van der Waals surface area (Å²) in [6.07, 6.45) is 0. The molecule has 0 spiro atoms. The van der Waals surface area contributed by atoms with Crippen molar-refractivity contribution in [3.8, 4) is 17.2 Å². The van der Waals surface area contributed by atoms with Crippen molar-refractivity contribution in [1.82, 2.24) is 4.98 Å². The fraction of sp³-hybridized carbons (Fsp3) is 0.0625. The van der Waals surface area contributed by atoms with Gasteiger partial charge in [0.05, 0.1) is 10.9 Å². The molecule has 0 saturated heterocycles. The van der Waals surface area contributed by atoms with Crippen molar-refractivity contribution in [2.24, 2.45) is 0 Å². The predicted octanol–water partition coefficient (Wildman–Crippen LogP) is 2.92. The van der Waals surface area contributed by atoms with Gasteiger partial charge in [0.25, 0.3) is 0 Å². The van der Waals surface area contributed by atoms with Gasteiger partial charge in [0, 0.05) is 12.5 Å². The van der Waals surface area contributed by atoms with Gasteiger partial charge in [-0.1, -0.05) is 0 Å². The number of nitrogens with zero attached hydrogens (tertiary/aromatic N) is 1. The number of carbonyl (C=O) groups excluding carboxylic acids is 1. The van der Waals surface area contributed by atoms with E-state index < -0.39 is 17.4 Å². The molecule has 0 atom stereocenters. The van der Waals surface area contributed by atoms with E-state index in [1.807, 2.05) is 0 Å². The average Bonchev–Trinajstić information content (AvgIpc) is 2.48. The number of carbonyl (C=O) groups is 1. The van der Waals surface area contributed by atoms with Crippen molar-refractivity contribution in [3.05, 3.63) is 58.7 Å². The van der Waals surface area contributed by atoms with Crippen molar-refractivity contribution < 1.29 is 18.3 Å². The van der Waals surface area contributed by atoms with E-state index in [0.29, 0.717) is 11.1 Å². The normalized spacial score (nSPS) is 10.6. The summed E-state index contributed by atoms with van der Waals surface area (Å²) >= 11 is 0. The van der Waals surface area contributed by atoms with Gasteiger partial charge in [-0.05, 0) is 42.5 Å². The third kappa shape index (κ3) is 2.71. The number of esters is 1. The van der Waals surface area contributed by atoms with Gasteiger partial charge in [-0.2, -0.15) is 0 Å². The molecule has 1 aromatic heterocycles. The highest BCUT2D eigenvalue weighted by atomic mass is 19.1. The summed E-state index contributed by atoms with van der Waals surface area (Å²) in [5, 5.41) is 0.199. The Morgan fingerprint density at radius 1 is 1.18 bits per heavy atom. The maximum Gasteiger partial charge on any atom is 0.347 e. The van der Waals surface area contributed by atoms with E-state index in [9.17, 15) is 14.0 Å². The largest absolute Gasteiger partial charge is 0.427 e. The number of hydrogen-bond donors (Lipinski definition) is 0. The second kappa shape index (κ2) is 5.40. The Hall–Kier alpha value is -3.02. The Morgan fingerprint density at radius 2 is 1.91 bits per heavy atom. The summed E-state index contributed by atoms with van der Waals surface area (Å²) < 4.78 is 23.0. The van der Waals surface area contributed by atoms with Crippen LogP contribution in [0.25, 0.3) is 22.4 Å². The Labute approximate surface area is 124 Å². The van der Waals surface area contributed by atoms with Gasteiger partial charge in [0.15, 0.2) is 0 Å². The maximum absolute atomic E-state index is 12.9. The first-order valence-electron chi connectivity index (χ1n) is 6.42. The highest BCUT2D eigenvalue weighted by Gasteiger charge is 2.10. The van der Waals surface area contributed by atoms with Crippen LogP contribution in [-0.2, 0) is 4.79 Å². The zero-order valence-corrected chi connectivity index (χ0v) is 11.5. The lowest BCUT2D eigenvalue weighted by molar-refractivity contribution is -0.131. The molecule has 0 fully saturated rings. The summed E-state index contributed by atoms with van der Waals surface area (Å²) in [5.74, 6) is -0.543. The van der Waals surface area contributed by atoms with E-state index in [2.05, 4.69) is 4.98 Å². The molecule has 3 rings (SSSR count). The predicted molar refractivity (Wildman–Crippen MR) is 77.0 cm³/mol. The molecular weight excluding hydrogens is 289 g/mol. The van der Waals surface area contributed by atoms with Crippen LogP contribution in [0, 0.1) is 5.82 Å². The van der Waals surface area contributed by atoms with Crippen LogP contribution in [0.2, 0.25) is 0 Å². The Kier molecular flexibility index (Phi) is 3.42. The molecular formula is C16H10FNO4. The lowest BCUT2D eigenvalue weighted by Crippen LogP contribution is -2.05. The number of hydrogen-bond acceptors (Lipinski definition) is 5. The molecule has 0 radical (unpaired) electrons. The third-order valence-corrected chi connectivity index (χ3v) is 2.95. The third-order valence-electron chi connectivity index (χ3n) is 2.95. The number of fused-ring (bicyclic) bond motifs is 1. The number of halogens is 1. The molecule has 0 N–H and O–H groups in total. The van der Waals surface area contributed by atoms with E-state index in [1.54, 1.807) is 6.07 Å². The molecule has 0 unspecified atom stereocenters. The SMILES string of the molecule is CC(=O)Oc1ccc2nc(-c3ccc(F)cc3)oc(=O)c2c1. The van der Waals surface area contributed by atoms with E-state index >= 15 is 0 Å². The molecule has 22 heavy (non-hydrogen) atoms. The number of benzene rings is 2. The molecule has 0 aliphatic carbocycles. The van der Waals surface area contributed by atoms with Gasteiger partial charge in [-0.15, -0.1) is 0 Å². The second-order valence-electron chi connectivity index (χ2n) is 4.59. The standard InChI is InChI=1S/C16H10FNO4/c1-9(19)21-12-6-7-14-13(8-12)16(20)22-15(18-14)10-2-4-11(17)5-3-10/h2-8H,1H3. The van der Waals surface area contributed by atoms with Crippen LogP contribution >= 0.6 is 0 Å². The zero-order valence-electron chi connectivity index (χ0n) is 11.5. The monoisotopic (exact) mass is 299 g/mol. The van der Waals surface area contributed by atoms with E-state index in [0.717, 1.165) is 0 Å². The molecule has 110 valence electrons.